The summed E-state index contributed by atoms with van der Waals surface area (Å²) in [6.07, 6.45) is 6.93. The molecule has 0 fully saturated rings. The summed E-state index contributed by atoms with van der Waals surface area (Å²) in [5.74, 6) is 0.655. The van der Waals surface area contributed by atoms with Crippen LogP contribution in [0.3, 0.4) is 0 Å². The van der Waals surface area contributed by atoms with Gasteiger partial charge in [-0.25, -0.2) is 4.79 Å². The molecule has 0 spiro atoms. The van der Waals surface area contributed by atoms with Crippen molar-refractivity contribution in [1.29, 1.82) is 0 Å². The van der Waals surface area contributed by atoms with Gasteiger partial charge in [0.2, 0.25) is 0 Å². The van der Waals surface area contributed by atoms with Crippen molar-refractivity contribution in [3.63, 3.8) is 0 Å². The molecule has 0 unspecified atom stereocenters. The lowest BCUT2D eigenvalue weighted by Gasteiger charge is -2.15. The topological polar surface area (TPSA) is 76.0 Å². The van der Waals surface area contributed by atoms with Gasteiger partial charge < -0.3 is 19.7 Å². The zero-order valence-electron chi connectivity index (χ0n) is 25.6. The minimum absolute atomic E-state index is 0.0145. The number of hydrogen-bond acceptors (Lipinski definition) is 5. The predicted octanol–water partition coefficient (Wildman–Crippen LogP) is 8.57. The van der Waals surface area contributed by atoms with E-state index < -0.39 is 12.6 Å². The Kier molecular flexibility index (Phi) is 12.1. The molecule has 0 saturated heterocycles. The van der Waals surface area contributed by atoms with Gasteiger partial charge in [0.05, 0.1) is 18.8 Å². The van der Waals surface area contributed by atoms with E-state index in [0.29, 0.717) is 17.9 Å². The Morgan fingerprint density at radius 1 is 0.705 bits per heavy atom. The molecule has 0 aromatic heterocycles. The summed E-state index contributed by atoms with van der Waals surface area (Å²) in [6.45, 7) is 9.61. The predicted molar refractivity (Wildman–Crippen MR) is 179 cm³/mol. The molecule has 5 nitrogen and oxygen atoms in total. The fraction of sp³-hybridized carbons (Fsp3) is 0.256. The van der Waals surface area contributed by atoms with E-state index in [0.717, 1.165) is 52.0 Å². The molecule has 0 radical (unpaired) electrons. The maximum atomic E-state index is 11.9. The molecule has 0 amide bonds. The van der Waals surface area contributed by atoms with Gasteiger partial charge in [-0.2, -0.15) is 0 Å². The Morgan fingerprint density at radius 2 is 1.30 bits per heavy atom. The number of benzene rings is 4. The highest BCUT2D eigenvalue weighted by Gasteiger charge is 2.11. The van der Waals surface area contributed by atoms with Crippen LogP contribution in [0.25, 0.3) is 27.8 Å². The number of carbonyl (C=O) groups excluding carboxylic acids is 1. The molecule has 0 aliphatic carbocycles. The van der Waals surface area contributed by atoms with Crippen LogP contribution in [0.15, 0.2) is 110 Å². The largest absolute Gasteiger partial charge is 0.489 e. The molecule has 2 N–H and O–H groups in total. The van der Waals surface area contributed by atoms with E-state index in [-0.39, 0.29) is 12.2 Å². The fourth-order valence-corrected chi connectivity index (χ4v) is 4.92. The zero-order valence-corrected chi connectivity index (χ0v) is 25.6. The molecule has 44 heavy (non-hydrogen) atoms. The monoisotopic (exact) mass is 590 g/mol. The van der Waals surface area contributed by atoms with Crippen LogP contribution in [-0.2, 0) is 17.8 Å². The van der Waals surface area contributed by atoms with E-state index in [9.17, 15) is 9.90 Å². The minimum Gasteiger partial charge on any atom is -0.489 e. The lowest BCUT2D eigenvalue weighted by Crippen LogP contribution is -2.12. The van der Waals surface area contributed by atoms with Gasteiger partial charge in [-0.05, 0) is 81.6 Å². The summed E-state index contributed by atoms with van der Waals surface area (Å²) in [6, 6.07) is 30.1. The Morgan fingerprint density at radius 3 is 1.93 bits per heavy atom. The van der Waals surface area contributed by atoms with Gasteiger partial charge in [-0.1, -0.05) is 112 Å². The van der Waals surface area contributed by atoms with Crippen molar-refractivity contribution in [2.75, 3.05) is 13.2 Å². The highest BCUT2D eigenvalue weighted by Crippen LogP contribution is 2.31. The molecule has 0 saturated carbocycles. The number of carbonyl (C=O) groups is 1. The summed E-state index contributed by atoms with van der Waals surface area (Å²) >= 11 is 0. The van der Waals surface area contributed by atoms with Crippen molar-refractivity contribution in [1.82, 2.24) is 0 Å². The van der Waals surface area contributed by atoms with Crippen LogP contribution in [-0.4, -0.2) is 29.4 Å². The third kappa shape index (κ3) is 9.03. The number of esters is 1. The molecule has 0 heterocycles. The zero-order chi connectivity index (χ0) is 31.3. The minimum atomic E-state index is -0.638. The molecule has 0 aliphatic rings. The summed E-state index contributed by atoms with van der Waals surface area (Å²) in [7, 11) is 0. The first-order chi connectivity index (χ1) is 21.4. The Bertz CT molecular complexity index is 1530. The average Bonchev–Trinajstić information content (AvgIpc) is 3.07. The van der Waals surface area contributed by atoms with Crippen LogP contribution >= 0.6 is 0 Å². The lowest BCUT2D eigenvalue weighted by atomic mass is 9.98. The highest BCUT2D eigenvalue weighted by atomic mass is 16.5. The Labute approximate surface area is 261 Å². The van der Waals surface area contributed by atoms with Gasteiger partial charge in [0.25, 0.3) is 0 Å². The van der Waals surface area contributed by atoms with Gasteiger partial charge in [0.15, 0.2) is 0 Å². The van der Waals surface area contributed by atoms with Crippen molar-refractivity contribution >= 4 is 11.5 Å². The van der Waals surface area contributed by atoms with E-state index in [4.69, 9.17) is 14.6 Å². The van der Waals surface area contributed by atoms with Crippen LogP contribution in [0.2, 0.25) is 0 Å². The average molecular weight is 591 g/mol. The van der Waals surface area contributed by atoms with Crippen LogP contribution in [0.1, 0.15) is 55.7 Å². The van der Waals surface area contributed by atoms with E-state index in [1.807, 2.05) is 42.5 Å². The third-order valence-electron chi connectivity index (χ3n) is 7.65. The van der Waals surface area contributed by atoms with E-state index in [1.165, 1.54) is 31.2 Å². The fourth-order valence-electron chi connectivity index (χ4n) is 4.92. The van der Waals surface area contributed by atoms with Crippen molar-refractivity contribution in [3.05, 3.63) is 126 Å². The van der Waals surface area contributed by atoms with Crippen molar-refractivity contribution in [3.8, 4) is 33.8 Å². The number of unbranched alkanes of at least 4 members (excludes halogenated alkanes) is 4. The molecule has 4 aromatic rings. The molecule has 4 aromatic carbocycles. The first-order valence-corrected chi connectivity index (χ1v) is 15.3. The molecule has 0 aliphatic heterocycles. The number of aryl methyl sites for hydroxylation is 1. The summed E-state index contributed by atoms with van der Waals surface area (Å²) in [5.41, 5.74) is 8.23. The quantitative estimate of drug-likeness (QED) is 0.0592. The maximum absolute atomic E-state index is 11.9. The second-order valence-corrected chi connectivity index (χ2v) is 11.0. The molecular weight excluding hydrogens is 548 g/mol. The third-order valence-corrected chi connectivity index (χ3v) is 7.65. The second-order valence-electron chi connectivity index (χ2n) is 11.0. The molecule has 228 valence electrons. The maximum Gasteiger partial charge on any atom is 0.341 e. The lowest BCUT2D eigenvalue weighted by molar-refractivity contribution is -0.130. The Balaban J connectivity index is 1.45. The summed E-state index contributed by atoms with van der Waals surface area (Å²) < 4.78 is 11.6. The van der Waals surface area contributed by atoms with Crippen LogP contribution in [0.4, 0.5) is 0 Å². The Hall–Kier alpha value is -4.45. The van der Waals surface area contributed by atoms with Crippen LogP contribution in [0, 0.1) is 0 Å². The number of ether oxygens (including phenoxy) is 2. The summed E-state index contributed by atoms with van der Waals surface area (Å²) in [4.78, 5) is 11.9. The van der Waals surface area contributed by atoms with E-state index in [2.05, 4.69) is 56.5 Å². The first-order valence-electron chi connectivity index (χ1n) is 15.3. The standard InChI is InChI=1S/C39H42O5/c1-4-5-6-7-8-9-36-24-35(34-18-21-37(22-19-34)44-39(42)29(3)26-41)20-23-38(36)43-27-30-10-12-32(13-11-30)33-16-14-31(15-17-33)28(2)25-40/h10-24,40-41H,2-9,25-27H2,1H3. The van der Waals surface area contributed by atoms with Gasteiger partial charge in [0, 0.05) is 0 Å². The van der Waals surface area contributed by atoms with E-state index in [1.54, 1.807) is 12.1 Å². The van der Waals surface area contributed by atoms with Crippen molar-refractivity contribution in [2.24, 2.45) is 0 Å². The highest BCUT2D eigenvalue weighted by molar-refractivity contribution is 5.89. The number of aliphatic hydroxyl groups is 2. The smallest absolute Gasteiger partial charge is 0.341 e. The first kappa shape index (κ1) is 32.5. The number of hydrogen-bond donors (Lipinski definition) is 2. The molecule has 5 heteroatoms. The van der Waals surface area contributed by atoms with Crippen LogP contribution < -0.4 is 9.47 Å². The summed E-state index contributed by atoms with van der Waals surface area (Å²) in [5, 5.41) is 18.4. The normalized spacial score (nSPS) is 10.8. The van der Waals surface area contributed by atoms with Crippen molar-refractivity contribution in [2.45, 2.75) is 52.1 Å². The number of aliphatic hydroxyl groups excluding tert-OH is 2. The number of rotatable bonds is 16. The van der Waals surface area contributed by atoms with E-state index >= 15 is 0 Å². The van der Waals surface area contributed by atoms with Crippen molar-refractivity contribution < 1.29 is 24.5 Å². The SMILES string of the molecule is C=C(CO)C(=O)Oc1ccc(-c2ccc(OCc3ccc(-c4ccc(C(=C)CO)cc4)cc3)c(CCCCCCC)c2)cc1. The van der Waals surface area contributed by atoms with Gasteiger partial charge in [-0.3, -0.25) is 0 Å². The van der Waals surface area contributed by atoms with Gasteiger partial charge in [0.1, 0.15) is 18.1 Å². The molecule has 4 rings (SSSR count). The second kappa shape index (κ2) is 16.4. The van der Waals surface area contributed by atoms with Gasteiger partial charge in [-0.15, -0.1) is 0 Å². The molecular formula is C39H42O5. The molecule has 0 bridgehead atoms. The molecule has 0 atom stereocenters. The van der Waals surface area contributed by atoms with Crippen LogP contribution in [0.5, 0.6) is 11.5 Å². The van der Waals surface area contributed by atoms with Gasteiger partial charge >= 0.3 is 5.97 Å².